The summed E-state index contributed by atoms with van der Waals surface area (Å²) in [6.45, 7) is 14.3. The molecule has 1 N–H and O–H groups in total. The molecule has 1 fully saturated rings. The third-order valence-electron chi connectivity index (χ3n) is 4.61. The number of nitrogens with zero attached hydrogens (tertiary/aromatic N) is 4. The third-order valence-corrected chi connectivity index (χ3v) is 4.61. The van der Waals surface area contributed by atoms with Gasteiger partial charge in [-0.3, -0.25) is 14.5 Å². The van der Waals surface area contributed by atoms with Gasteiger partial charge in [-0.1, -0.05) is 27.7 Å². The van der Waals surface area contributed by atoms with Crippen LogP contribution in [0.2, 0.25) is 0 Å². The van der Waals surface area contributed by atoms with Crippen molar-refractivity contribution in [3.05, 3.63) is 17.5 Å². The van der Waals surface area contributed by atoms with Crippen LogP contribution in [-0.2, 0) is 19.0 Å². The van der Waals surface area contributed by atoms with Crippen molar-refractivity contribution in [2.24, 2.45) is 7.05 Å². The van der Waals surface area contributed by atoms with Crippen LogP contribution in [0.3, 0.4) is 0 Å². The first-order valence-electron chi connectivity index (χ1n) is 8.45. The van der Waals surface area contributed by atoms with Crippen molar-refractivity contribution < 1.29 is 5.11 Å². The van der Waals surface area contributed by atoms with Gasteiger partial charge in [-0.2, -0.15) is 5.10 Å². The molecule has 2 heterocycles. The first kappa shape index (κ1) is 17.4. The summed E-state index contributed by atoms with van der Waals surface area (Å²) in [6.07, 6.45) is 3.18. The number of rotatable bonds is 5. The highest BCUT2D eigenvalue weighted by Crippen LogP contribution is 2.25. The van der Waals surface area contributed by atoms with Gasteiger partial charge in [0.1, 0.15) is 0 Å². The molecule has 0 bridgehead atoms. The number of aliphatic hydroxyl groups excluding tert-OH is 1. The van der Waals surface area contributed by atoms with Gasteiger partial charge in [-0.05, 0) is 6.42 Å². The van der Waals surface area contributed by atoms with Crippen LogP contribution >= 0.6 is 0 Å². The highest BCUT2D eigenvalue weighted by atomic mass is 16.3. The molecule has 1 aliphatic rings. The molecule has 5 heteroatoms. The number of piperazine rings is 1. The highest BCUT2D eigenvalue weighted by molar-refractivity contribution is 5.24. The summed E-state index contributed by atoms with van der Waals surface area (Å²) in [5.41, 5.74) is 2.64. The second-order valence-electron chi connectivity index (χ2n) is 7.48. The van der Waals surface area contributed by atoms with E-state index in [1.54, 1.807) is 0 Å². The Kier molecular flexibility index (Phi) is 5.64. The first-order valence-corrected chi connectivity index (χ1v) is 8.45. The molecule has 5 nitrogen and oxygen atoms in total. The predicted molar refractivity (Wildman–Crippen MR) is 89.9 cm³/mol. The van der Waals surface area contributed by atoms with E-state index in [0.717, 1.165) is 39.1 Å². The molecular formula is C17H32N4O. The average molecular weight is 308 g/mol. The van der Waals surface area contributed by atoms with Gasteiger partial charge in [0.15, 0.2) is 0 Å². The Bertz CT molecular complexity index is 465. The SMILES string of the molecule is CCC(CO)N1CCN(Cc2cn(C)nc2C(C)(C)C)CC1. The minimum atomic E-state index is 0.0859. The summed E-state index contributed by atoms with van der Waals surface area (Å²) >= 11 is 0. The minimum Gasteiger partial charge on any atom is -0.395 e. The van der Waals surface area contributed by atoms with Crippen LogP contribution in [0.5, 0.6) is 0 Å². The van der Waals surface area contributed by atoms with Crippen LogP contribution in [0, 0.1) is 0 Å². The van der Waals surface area contributed by atoms with Crippen LogP contribution in [0.25, 0.3) is 0 Å². The quantitative estimate of drug-likeness (QED) is 0.897. The Morgan fingerprint density at radius 1 is 1.23 bits per heavy atom. The van der Waals surface area contributed by atoms with E-state index in [4.69, 9.17) is 0 Å². The fourth-order valence-electron chi connectivity index (χ4n) is 3.32. The van der Waals surface area contributed by atoms with Crippen molar-refractivity contribution in [1.82, 2.24) is 19.6 Å². The number of aliphatic hydroxyl groups is 1. The second kappa shape index (κ2) is 7.11. The smallest absolute Gasteiger partial charge is 0.0722 e. The lowest BCUT2D eigenvalue weighted by atomic mass is 9.89. The zero-order chi connectivity index (χ0) is 16.3. The van der Waals surface area contributed by atoms with E-state index in [1.165, 1.54) is 11.3 Å². The van der Waals surface area contributed by atoms with E-state index >= 15 is 0 Å². The molecule has 1 atom stereocenters. The third kappa shape index (κ3) is 4.09. The van der Waals surface area contributed by atoms with Gasteiger partial charge >= 0.3 is 0 Å². The first-order chi connectivity index (χ1) is 10.3. The molecule has 1 saturated heterocycles. The Morgan fingerprint density at radius 2 is 1.86 bits per heavy atom. The number of hydrogen-bond donors (Lipinski definition) is 1. The van der Waals surface area contributed by atoms with Crippen LogP contribution in [0.15, 0.2) is 6.20 Å². The lowest BCUT2D eigenvalue weighted by molar-refractivity contribution is 0.0606. The molecule has 1 aliphatic heterocycles. The summed E-state index contributed by atoms with van der Waals surface area (Å²) in [5.74, 6) is 0. The predicted octanol–water partition coefficient (Wildman–Crippen LogP) is 1.61. The molecular weight excluding hydrogens is 276 g/mol. The van der Waals surface area contributed by atoms with Crippen molar-refractivity contribution >= 4 is 0 Å². The summed E-state index contributed by atoms with van der Waals surface area (Å²) in [7, 11) is 2.00. The summed E-state index contributed by atoms with van der Waals surface area (Å²) in [5, 5.41) is 14.1. The maximum absolute atomic E-state index is 9.44. The zero-order valence-electron chi connectivity index (χ0n) is 14.8. The Labute approximate surface area is 134 Å². The van der Waals surface area contributed by atoms with Crippen molar-refractivity contribution in [2.75, 3.05) is 32.8 Å². The minimum absolute atomic E-state index is 0.0859. The number of aryl methyl sites for hydroxylation is 1. The molecule has 0 aliphatic carbocycles. The van der Waals surface area contributed by atoms with Gasteiger partial charge in [-0.25, -0.2) is 0 Å². The molecule has 0 radical (unpaired) electrons. The Morgan fingerprint density at radius 3 is 2.36 bits per heavy atom. The van der Waals surface area contributed by atoms with Gasteiger partial charge in [0.2, 0.25) is 0 Å². The van der Waals surface area contributed by atoms with Crippen molar-refractivity contribution in [2.45, 2.75) is 52.1 Å². The summed E-state index contributed by atoms with van der Waals surface area (Å²) in [4.78, 5) is 4.93. The number of aromatic nitrogens is 2. The molecule has 22 heavy (non-hydrogen) atoms. The van der Waals surface area contributed by atoms with Gasteiger partial charge in [0.25, 0.3) is 0 Å². The van der Waals surface area contributed by atoms with Crippen molar-refractivity contribution in [3.8, 4) is 0 Å². The van der Waals surface area contributed by atoms with Crippen LogP contribution in [0.4, 0.5) is 0 Å². The molecule has 0 saturated carbocycles. The monoisotopic (exact) mass is 308 g/mol. The fourth-order valence-corrected chi connectivity index (χ4v) is 3.32. The lowest BCUT2D eigenvalue weighted by Crippen LogP contribution is -2.50. The molecule has 1 aromatic heterocycles. The summed E-state index contributed by atoms with van der Waals surface area (Å²) < 4.78 is 1.94. The fraction of sp³-hybridized carbons (Fsp3) is 0.824. The molecule has 0 aromatic carbocycles. The van der Waals surface area contributed by atoms with Crippen molar-refractivity contribution in [1.29, 1.82) is 0 Å². The van der Waals surface area contributed by atoms with E-state index in [0.29, 0.717) is 6.04 Å². The Balaban J connectivity index is 1.97. The van der Waals surface area contributed by atoms with E-state index in [9.17, 15) is 5.11 Å². The Hall–Kier alpha value is -0.910. The molecule has 0 amide bonds. The number of hydrogen-bond acceptors (Lipinski definition) is 4. The average Bonchev–Trinajstić information content (AvgIpc) is 2.83. The largest absolute Gasteiger partial charge is 0.395 e. The highest BCUT2D eigenvalue weighted by Gasteiger charge is 2.26. The molecule has 126 valence electrons. The normalized spacial score (nSPS) is 19.5. The van der Waals surface area contributed by atoms with Crippen LogP contribution in [0.1, 0.15) is 45.4 Å². The summed E-state index contributed by atoms with van der Waals surface area (Å²) in [6, 6.07) is 0.325. The van der Waals surface area contributed by atoms with Crippen LogP contribution in [-0.4, -0.2) is 63.5 Å². The van der Waals surface area contributed by atoms with E-state index < -0.39 is 0 Å². The van der Waals surface area contributed by atoms with Gasteiger partial charge in [0, 0.05) is 63.0 Å². The standard InChI is InChI=1S/C17H32N4O/c1-6-15(13-22)21-9-7-20(8-10-21)12-14-11-19(5)18-16(14)17(2,3)4/h11,15,22H,6-10,12-13H2,1-5H3. The molecule has 1 unspecified atom stereocenters. The van der Waals surface area contributed by atoms with E-state index in [1.807, 2.05) is 11.7 Å². The second-order valence-corrected chi connectivity index (χ2v) is 7.48. The molecule has 2 rings (SSSR count). The zero-order valence-corrected chi connectivity index (χ0v) is 14.8. The maximum Gasteiger partial charge on any atom is 0.0722 e. The van der Waals surface area contributed by atoms with Crippen LogP contribution < -0.4 is 0 Å². The maximum atomic E-state index is 9.44. The van der Waals surface area contributed by atoms with E-state index in [2.05, 4.69) is 48.8 Å². The van der Waals surface area contributed by atoms with Gasteiger partial charge in [-0.15, -0.1) is 0 Å². The van der Waals surface area contributed by atoms with Gasteiger partial charge < -0.3 is 5.11 Å². The van der Waals surface area contributed by atoms with E-state index in [-0.39, 0.29) is 12.0 Å². The molecule has 1 aromatic rings. The molecule has 0 spiro atoms. The lowest BCUT2D eigenvalue weighted by Gasteiger charge is -2.38. The van der Waals surface area contributed by atoms with Crippen molar-refractivity contribution in [3.63, 3.8) is 0 Å². The topological polar surface area (TPSA) is 44.5 Å². The van der Waals surface area contributed by atoms with Gasteiger partial charge in [0.05, 0.1) is 12.3 Å².